The topological polar surface area (TPSA) is 113 Å². The Labute approximate surface area is 202 Å². The lowest BCUT2D eigenvalue weighted by Gasteiger charge is -2.23. The number of nitrogens with zero attached hydrogens (tertiary/aromatic N) is 2. The Kier molecular flexibility index (Phi) is 6.84. The average molecular weight is 499 g/mol. The number of carbonyl (C=O) groups is 1. The van der Waals surface area contributed by atoms with Gasteiger partial charge < -0.3 is 10.3 Å². The number of H-pyrrole nitrogens is 1. The lowest BCUT2D eigenvalue weighted by Crippen LogP contribution is -2.53. The van der Waals surface area contributed by atoms with Crippen molar-refractivity contribution in [1.82, 2.24) is 10.3 Å². The highest BCUT2D eigenvalue weighted by Gasteiger charge is 2.41. The van der Waals surface area contributed by atoms with Gasteiger partial charge in [0.2, 0.25) is 5.66 Å². The van der Waals surface area contributed by atoms with E-state index in [1.54, 1.807) is 18.3 Å². The number of nitrogens with one attached hydrogen (secondary N) is 2. The van der Waals surface area contributed by atoms with Crippen molar-refractivity contribution in [2.75, 3.05) is 0 Å². The number of hydrogen-bond acceptors (Lipinski definition) is 5. The Bertz CT molecular complexity index is 1400. The summed E-state index contributed by atoms with van der Waals surface area (Å²) in [5, 5.41) is 9.92. The molecule has 0 spiro atoms. The first-order valence-electron chi connectivity index (χ1n) is 10.9. The summed E-state index contributed by atoms with van der Waals surface area (Å²) in [6.45, 7) is -0.510. The number of azo groups is 1. The van der Waals surface area contributed by atoms with Crippen LogP contribution >= 0.6 is 0 Å². The van der Waals surface area contributed by atoms with Crippen molar-refractivity contribution in [3.8, 4) is 0 Å². The second-order valence-corrected chi connectivity index (χ2v) is 8.29. The summed E-state index contributed by atoms with van der Waals surface area (Å²) >= 11 is 0. The molecular weight excluding hydrogens is 478 g/mol. The number of halogens is 4. The largest absolute Gasteiger partial charge is 0.419 e. The molecule has 0 fully saturated rings. The van der Waals surface area contributed by atoms with Crippen LogP contribution in [0.5, 0.6) is 0 Å². The minimum absolute atomic E-state index is 0.162. The Balaban J connectivity index is 1.42. The number of amides is 1. The van der Waals surface area contributed by atoms with Gasteiger partial charge in [-0.15, -0.1) is 0 Å². The summed E-state index contributed by atoms with van der Waals surface area (Å²) in [6.07, 6.45) is -1.28. The minimum atomic E-state index is -4.86. The SMILES string of the molecule is NC1(C(=O)NCc2cccc(C(F)(F)F)c2F)N=NC=C1Cc1ccc(Cc2ccc[nH]c2=O)cc1. The van der Waals surface area contributed by atoms with Gasteiger partial charge in [-0.3, -0.25) is 15.3 Å². The fourth-order valence-corrected chi connectivity index (χ4v) is 3.78. The second-order valence-electron chi connectivity index (χ2n) is 8.29. The standard InChI is InChI=1S/C25H21F4N5O2/c26-21-18(3-1-5-20(21)25(27,28)29)13-32-23(36)24(30)19(14-33-34-24)12-16-8-6-15(7-9-16)11-17-4-2-10-31-22(17)35/h1-10,14H,11-13,30H2,(H,31,35)(H,32,36). The second kappa shape index (κ2) is 9.86. The van der Waals surface area contributed by atoms with Crippen molar-refractivity contribution in [2.45, 2.75) is 31.2 Å². The summed E-state index contributed by atoms with van der Waals surface area (Å²) in [5.74, 6) is -2.29. The molecule has 4 rings (SSSR count). The lowest BCUT2D eigenvalue weighted by molar-refractivity contribution is -0.140. The van der Waals surface area contributed by atoms with E-state index >= 15 is 0 Å². The van der Waals surface area contributed by atoms with Crippen LogP contribution in [0.3, 0.4) is 0 Å². The minimum Gasteiger partial charge on any atom is -0.348 e. The predicted octanol–water partition coefficient (Wildman–Crippen LogP) is 3.99. The molecule has 1 aromatic heterocycles. The highest BCUT2D eigenvalue weighted by Crippen LogP contribution is 2.32. The van der Waals surface area contributed by atoms with Crippen molar-refractivity contribution in [3.05, 3.63) is 117 Å². The van der Waals surface area contributed by atoms with Crippen LogP contribution in [0.2, 0.25) is 0 Å². The molecule has 11 heteroatoms. The van der Waals surface area contributed by atoms with Crippen LogP contribution in [0, 0.1) is 5.82 Å². The van der Waals surface area contributed by atoms with Gasteiger partial charge in [0.05, 0.1) is 11.8 Å². The van der Waals surface area contributed by atoms with Gasteiger partial charge in [0.15, 0.2) is 0 Å². The highest BCUT2D eigenvalue weighted by atomic mass is 19.4. The zero-order valence-electron chi connectivity index (χ0n) is 18.8. The first kappa shape index (κ1) is 25.0. The van der Waals surface area contributed by atoms with E-state index in [4.69, 9.17) is 5.73 Å². The van der Waals surface area contributed by atoms with Crippen LogP contribution in [0.1, 0.15) is 27.8 Å². The first-order valence-corrected chi connectivity index (χ1v) is 10.9. The molecule has 2 aromatic carbocycles. The van der Waals surface area contributed by atoms with Crippen molar-refractivity contribution in [2.24, 2.45) is 16.0 Å². The monoisotopic (exact) mass is 499 g/mol. The first-order chi connectivity index (χ1) is 17.1. The van der Waals surface area contributed by atoms with E-state index in [2.05, 4.69) is 20.5 Å². The van der Waals surface area contributed by atoms with Gasteiger partial charge in [-0.25, -0.2) is 4.39 Å². The van der Waals surface area contributed by atoms with Crippen molar-refractivity contribution < 1.29 is 22.4 Å². The Hall–Kier alpha value is -4.12. The van der Waals surface area contributed by atoms with E-state index in [1.165, 1.54) is 6.20 Å². The summed E-state index contributed by atoms with van der Waals surface area (Å²) in [6, 6.07) is 13.7. The lowest BCUT2D eigenvalue weighted by atomic mass is 9.93. The van der Waals surface area contributed by atoms with Gasteiger partial charge in [0, 0.05) is 35.9 Å². The van der Waals surface area contributed by atoms with Gasteiger partial charge >= 0.3 is 6.18 Å². The quantitative estimate of drug-likeness (QED) is 0.428. The molecule has 2 heterocycles. The van der Waals surface area contributed by atoms with Crippen molar-refractivity contribution in [1.29, 1.82) is 0 Å². The Morgan fingerprint density at radius 2 is 1.67 bits per heavy atom. The van der Waals surface area contributed by atoms with Gasteiger partial charge in [-0.1, -0.05) is 42.5 Å². The van der Waals surface area contributed by atoms with Crippen molar-refractivity contribution in [3.63, 3.8) is 0 Å². The van der Waals surface area contributed by atoms with E-state index in [1.807, 2.05) is 24.3 Å². The molecular formula is C25H21F4N5O2. The molecule has 4 N–H and O–H groups in total. The maximum Gasteiger partial charge on any atom is 0.419 e. The molecule has 1 amide bonds. The third kappa shape index (κ3) is 5.25. The van der Waals surface area contributed by atoms with Crippen LogP contribution in [0.4, 0.5) is 17.6 Å². The van der Waals surface area contributed by atoms with E-state index in [0.717, 1.165) is 23.3 Å². The maximum atomic E-state index is 14.3. The number of benzene rings is 2. The third-order valence-electron chi connectivity index (χ3n) is 5.80. The molecule has 7 nitrogen and oxygen atoms in total. The molecule has 1 atom stereocenters. The molecule has 0 radical (unpaired) electrons. The number of aromatic amines is 1. The molecule has 0 aliphatic carbocycles. The summed E-state index contributed by atoms with van der Waals surface area (Å²) < 4.78 is 53.1. The normalized spacial score (nSPS) is 17.2. The molecule has 3 aromatic rings. The van der Waals surface area contributed by atoms with Crippen LogP contribution in [0.15, 0.2) is 87.6 Å². The van der Waals surface area contributed by atoms with Crippen LogP contribution < -0.4 is 16.6 Å². The number of aromatic nitrogens is 1. The smallest absolute Gasteiger partial charge is 0.348 e. The number of pyridine rings is 1. The molecule has 1 aliphatic heterocycles. The molecule has 36 heavy (non-hydrogen) atoms. The van der Waals surface area contributed by atoms with E-state index in [0.29, 0.717) is 23.6 Å². The number of alkyl halides is 3. The zero-order valence-corrected chi connectivity index (χ0v) is 18.8. The molecule has 0 saturated carbocycles. The van der Waals surface area contributed by atoms with Crippen LogP contribution in [-0.2, 0) is 30.4 Å². The van der Waals surface area contributed by atoms with Gasteiger partial charge in [0.25, 0.3) is 11.5 Å². The fourth-order valence-electron chi connectivity index (χ4n) is 3.78. The number of hydrogen-bond donors (Lipinski definition) is 3. The van der Waals surface area contributed by atoms with E-state index in [-0.39, 0.29) is 17.5 Å². The molecule has 186 valence electrons. The molecule has 0 bridgehead atoms. The zero-order chi connectivity index (χ0) is 25.9. The number of carbonyl (C=O) groups excluding carboxylic acids is 1. The summed E-state index contributed by atoms with van der Waals surface area (Å²) in [4.78, 5) is 27.3. The van der Waals surface area contributed by atoms with Gasteiger partial charge in [-0.2, -0.15) is 23.4 Å². The van der Waals surface area contributed by atoms with Gasteiger partial charge in [0.1, 0.15) is 5.82 Å². The van der Waals surface area contributed by atoms with Gasteiger partial charge in [-0.05, 0) is 29.7 Å². The summed E-state index contributed by atoms with van der Waals surface area (Å²) in [5.41, 5.74) is 5.08. The molecule has 1 aliphatic rings. The van der Waals surface area contributed by atoms with Crippen LogP contribution in [-0.4, -0.2) is 16.6 Å². The molecule has 1 unspecified atom stereocenters. The fraction of sp³-hybridized carbons (Fsp3) is 0.200. The third-order valence-corrected chi connectivity index (χ3v) is 5.80. The maximum absolute atomic E-state index is 14.3. The average Bonchev–Trinajstić information content (AvgIpc) is 3.21. The van der Waals surface area contributed by atoms with Crippen LogP contribution in [0.25, 0.3) is 0 Å². The highest BCUT2D eigenvalue weighted by molar-refractivity contribution is 5.89. The molecule has 0 saturated heterocycles. The van der Waals surface area contributed by atoms with E-state index < -0.39 is 35.7 Å². The van der Waals surface area contributed by atoms with Crippen molar-refractivity contribution >= 4 is 5.91 Å². The predicted molar refractivity (Wildman–Crippen MR) is 123 cm³/mol. The Morgan fingerprint density at radius 1 is 1.00 bits per heavy atom. The number of nitrogens with two attached hydrogens (primary N) is 1. The Morgan fingerprint density at radius 3 is 2.33 bits per heavy atom. The van der Waals surface area contributed by atoms with E-state index in [9.17, 15) is 27.2 Å². The summed E-state index contributed by atoms with van der Waals surface area (Å²) in [7, 11) is 0. The number of rotatable bonds is 7.